The van der Waals surface area contributed by atoms with Crippen molar-refractivity contribution in [3.8, 4) is 0 Å². The second kappa shape index (κ2) is 8.82. The molecule has 0 aromatic rings. The van der Waals surface area contributed by atoms with E-state index in [2.05, 4.69) is 5.32 Å². The summed E-state index contributed by atoms with van der Waals surface area (Å²) in [5.74, 6) is -0.544. The van der Waals surface area contributed by atoms with Crippen LogP contribution in [0.25, 0.3) is 0 Å². The Morgan fingerprint density at radius 3 is 2.14 bits per heavy atom. The summed E-state index contributed by atoms with van der Waals surface area (Å²) in [5.41, 5.74) is -1.22. The fraction of sp³-hybridized carbons (Fsp3) is 0.846. The van der Waals surface area contributed by atoms with E-state index in [9.17, 15) is 14.7 Å². The quantitative estimate of drug-likeness (QED) is 0.303. The number of hydrogen-bond donors (Lipinski definition) is 2. The molecule has 0 saturated carbocycles. The number of halogens is 2. The molecule has 0 aliphatic heterocycles. The summed E-state index contributed by atoms with van der Waals surface area (Å²) < 4.78 is 6.93. The van der Waals surface area contributed by atoms with Crippen LogP contribution < -0.4 is 5.32 Å². The highest BCUT2D eigenvalue weighted by atomic mass is 127. The van der Waals surface area contributed by atoms with Crippen LogP contribution in [0.3, 0.4) is 0 Å². The summed E-state index contributed by atoms with van der Waals surface area (Å²) in [6, 6.07) is -0.468. The summed E-state index contributed by atoms with van der Waals surface area (Å²) in [6.07, 6.45) is 0.519. The number of amides is 1. The second-order valence-corrected chi connectivity index (χ2v) is 10.4. The number of aliphatic hydroxyl groups excluding tert-OH is 1. The van der Waals surface area contributed by atoms with E-state index in [1.54, 1.807) is 15.2 Å². The van der Waals surface area contributed by atoms with Crippen LogP contribution in [-0.4, -0.2) is 42.1 Å². The van der Waals surface area contributed by atoms with Crippen molar-refractivity contribution in [1.82, 2.24) is 6.64 Å². The molecule has 0 aliphatic rings. The highest BCUT2D eigenvalue weighted by Crippen LogP contribution is 2.20. The van der Waals surface area contributed by atoms with Gasteiger partial charge in [-0.15, -0.1) is 0 Å². The molecule has 0 fully saturated rings. The van der Waals surface area contributed by atoms with Crippen molar-refractivity contribution in [2.24, 2.45) is 0 Å². The van der Waals surface area contributed by atoms with Gasteiger partial charge in [0.2, 0.25) is 5.91 Å². The second-order valence-electron chi connectivity index (χ2n) is 6.43. The summed E-state index contributed by atoms with van der Waals surface area (Å²) in [5, 5.41) is 12.0. The zero-order valence-corrected chi connectivity index (χ0v) is 17.4. The minimum atomic E-state index is -0.690. The molecule has 1 unspecified atom stereocenters. The van der Waals surface area contributed by atoms with Gasteiger partial charge >= 0.3 is 5.97 Å². The molecule has 0 heterocycles. The van der Waals surface area contributed by atoms with Crippen LogP contribution in [-0.2, 0) is 14.3 Å². The number of hydrogen-bond acceptors (Lipinski definition) is 5. The average molecular weight is 526 g/mol. The molecule has 0 aliphatic carbocycles. The molecule has 1 amide bonds. The Hall–Kier alpha value is 0.320. The number of carbonyl (C=O) groups is 2. The van der Waals surface area contributed by atoms with Crippen molar-refractivity contribution in [3.63, 3.8) is 0 Å². The number of ether oxygens (including phenoxy) is 1. The van der Waals surface area contributed by atoms with Gasteiger partial charge in [-0.1, -0.05) is 0 Å². The first kappa shape index (κ1) is 21.3. The topological polar surface area (TPSA) is 78.9 Å². The van der Waals surface area contributed by atoms with Crippen molar-refractivity contribution < 1.29 is 19.4 Å². The van der Waals surface area contributed by atoms with Gasteiger partial charge in [0.1, 0.15) is 11.6 Å². The van der Waals surface area contributed by atoms with Gasteiger partial charge in [0.25, 0.3) is 0 Å². The number of nitrogens with zero attached hydrogens (tertiary/aromatic N) is 1. The third-order valence-electron chi connectivity index (χ3n) is 2.44. The molecular weight excluding hydrogens is 502 g/mol. The van der Waals surface area contributed by atoms with Gasteiger partial charge in [0, 0.05) is 52.1 Å². The molecule has 0 aromatic heterocycles. The van der Waals surface area contributed by atoms with E-state index >= 15 is 0 Å². The Labute approximate surface area is 154 Å². The van der Waals surface area contributed by atoms with Gasteiger partial charge < -0.3 is 15.2 Å². The number of rotatable bonds is 7. The summed E-state index contributed by atoms with van der Waals surface area (Å²) in [6.45, 7) is 8.74. The lowest BCUT2D eigenvalue weighted by Gasteiger charge is -2.28. The molecular formula is C13H24I2N2O4. The van der Waals surface area contributed by atoms with E-state index < -0.39 is 17.2 Å². The molecule has 0 bridgehead atoms. The third-order valence-corrected chi connectivity index (χ3v) is 3.78. The van der Waals surface area contributed by atoms with Gasteiger partial charge in [-0.2, -0.15) is 1.33 Å². The molecule has 0 saturated heterocycles. The highest BCUT2D eigenvalue weighted by molar-refractivity contribution is 14.2. The summed E-state index contributed by atoms with van der Waals surface area (Å²) >= 11 is 4.01. The standard InChI is InChI=1S/C13H24I2N2O4/c1-12(2,3)21-10(19)7-6-9(17(14)15)11(20)16-13(4,5)8-18/h9,18H,6-8H2,1-5H3,(H,16,20). The Morgan fingerprint density at radius 2 is 1.76 bits per heavy atom. The first-order valence-electron chi connectivity index (χ1n) is 6.63. The molecule has 6 nitrogen and oxygen atoms in total. The predicted octanol–water partition coefficient (Wildman–Crippen LogP) is 2.37. The molecule has 124 valence electrons. The molecule has 0 radical (unpaired) electrons. The van der Waals surface area contributed by atoms with Crippen molar-refractivity contribution in [3.05, 3.63) is 0 Å². The maximum absolute atomic E-state index is 12.2. The van der Waals surface area contributed by atoms with Crippen LogP contribution in [0.5, 0.6) is 0 Å². The minimum absolute atomic E-state index is 0.153. The molecule has 1 atom stereocenters. The predicted molar refractivity (Wildman–Crippen MR) is 98.1 cm³/mol. The molecule has 8 heteroatoms. The van der Waals surface area contributed by atoms with Gasteiger partial charge in [-0.05, 0) is 41.0 Å². The third kappa shape index (κ3) is 9.84. The maximum atomic E-state index is 12.2. The van der Waals surface area contributed by atoms with Crippen LogP contribution >= 0.6 is 45.7 Å². The van der Waals surface area contributed by atoms with Crippen LogP contribution in [0.1, 0.15) is 47.5 Å². The fourth-order valence-electron chi connectivity index (χ4n) is 1.42. The van der Waals surface area contributed by atoms with Crippen molar-refractivity contribution >= 4 is 57.6 Å². The zero-order chi connectivity index (χ0) is 16.8. The lowest BCUT2D eigenvalue weighted by atomic mass is 10.1. The zero-order valence-electron chi connectivity index (χ0n) is 13.1. The number of esters is 1. The van der Waals surface area contributed by atoms with Crippen LogP contribution in [0, 0.1) is 0 Å². The number of carbonyl (C=O) groups excluding carboxylic acids is 2. The molecule has 0 spiro atoms. The lowest BCUT2D eigenvalue weighted by Crippen LogP contribution is -2.51. The Morgan fingerprint density at radius 1 is 1.24 bits per heavy atom. The largest absolute Gasteiger partial charge is 0.460 e. The van der Waals surface area contributed by atoms with Gasteiger partial charge in [-0.25, -0.2) is 0 Å². The van der Waals surface area contributed by atoms with E-state index in [4.69, 9.17) is 4.74 Å². The lowest BCUT2D eigenvalue weighted by molar-refractivity contribution is -0.155. The van der Waals surface area contributed by atoms with Crippen LogP contribution in [0.15, 0.2) is 0 Å². The van der Waals surface area contributed by atoms with Crippen molar-refractivity contribution in [2.45, 2.75) is 64.6 Å². The van der Waals surface area contributed by atoms with E-state index in [-0.39, 0.29) is 24.9 Å². The van der Waals surface area contributed by atoms with Crippen LogP contribution in [0.4, 0.5) is 0 Å². The summed E-state index contributed by atoms with van der Waals surface area (Å²) in [4.78, 5) is 24.0. The normalized spacial score (nSPS) is 14.0. The van der Waals surface area contributed by atoms with Crippen molar-refractivity contribution in [1.29, 1.82) is 0 Å². The first-order valence-corrected chi connectivity index (χ1v) is 8.56. The average Bonchev–Trinajstić information content (AvgIpc) is 2.25. The van der Waals surface area contributed by atoms with Gasteiger partial charge in [0.15, 0.2) is 0 Å². The Kier molecular flexibility index (Phi) is 8.96. The van der Waals surface area contributed by atoms with E-state index in [1.807, 2.05) is 66.5 Å². The van der Waals surface area contributed by atoms with Crippen molar-refractivity contribution in [2.75, 3.05) is 6.61 Å². The minimum Gasteiger partial charge on any atom is -0.460 e. The Balaban J connectivity index is 4.58. The molecule has 2 N–H and O–H groups in total. The van der Waals surface area contributed by atoms with Gasteiger partial charge in [0.05, 0.1) is 12.1 Å². The van der Waals surface area contributed by atoms with E-state index in [0.717, 1.165) is 0 Å². The monoisotopic (exact) mass is 526 g/mol. The van der Waals surface area contributed by atoms with Gasteiger partial charge in [-0.3, -0.25) is 9.59 Å². The fourth-order valence-corrected chi connectivity index (χ4v) is 2.48. The van der Waals surface area contributed by atoms with E-state index in [0.29, 0.717) is 6.42 Å². The first-order chi connectivity index (χ1) is 9.38. The maximum Gasteiger partial charge on any atom is 0.306 e. The smallest absolute Gasteiger partial charge is 0.306 e. The summed E-state index contributed by atoms with van der Waals surface area (Å²) in [7, 11) is 0. The molecule has 21 heavy (non-hydrogen) atoms. The molecule has 0 rings (SSSR count). The number of nitrogens with one attached hydrogen (secondary N) is 1. The SMILES string of the molecule is CC(C)(CO)NC(=O)C(CCC(=O)OC(C)(C)C)N(I)I. The van der Waals surface area contributed by atoms with Crippen LogP contribution in [0.2, 0.25) is 0 Å². The van der Waals surface area contributed by atoms with E-state index in [1.165, 1.54) is 0 Å². The number of aliphatic hydroxyl groups is 1. The molecule has 0 aromatic carbocycles. The highest BCUT2D eigenvalue weighted by Gasteiger charge is 2.29. The Bertz CT molecular complexity index is 368.